The van der Waals surface area contributed by atoms with Gasteiger partial charge < -0.3 is 20.5 Å². The molecule has 1 amide bonds. The monoisotopic (exact) mass is 480 g/mol. The SMILES string of the molecule is CCCCOc1ccc(-c2cnc(-c3ccc(CC(NC)C(=O)NCC(=O)O)cc3)nc2)cc1F. The molecule has 3 rings (SSSR count). The van der Waals surface area contributed by atoms with E-state index in [0.717, 1.165) is 24.0 Å². The van der Waals surface area contributed by atoms with E-state index in [1.165, 1.54) is 6.07 Å². The molecule has 184 valence electrons. The molecular formula is C26H29FN4O4. The Kier molecular flexibility index (Phi) is 9.25. The molecular weight excluding hydrogens is 451 g/mol. The van der Waals surface area contributed by atoms with Crippen molar-refractivity contribution >= 4 is 11.9 Å². The number of carboxylic acid groups (broad SMARTS) is 1. The van der Waals surface area contributed by atoms with Crippen molar-refractivity contribution in [2.24, 2.45) is 0 Å². The third-order valence-corrected chi connectivity index (χ3v) is 5.40. The third kappa shape index (κ3) is 7.31. The normalized spacial score (nSPS) is 11.6. The minimum absolute atomic E-state index is 0.236. The first-order chi connectivity index (χ1) is 16.9. The number of carboxylic acids is 1. The molecule has 0 saturated heterocycles. The number of unbranched alkanes of at least 4 members (excludes halogenated alkanes) is 1. The van der Waals surface area contributed by atoms with Crippen LogP contribution in [0.15, 0.2) is 54.9 Å². The van der Waals surface area contributed by atoms with E-state index in [1.807, 2.05) is 31.2 Å². The fourth-order valence-corrected chi connectivity index (χ4v) is 3.39. The van der Waals surface area contributed by atoms with Crippen LogP contribution in [0, 0.1) is 5.82 Å². The zero-order valence-corrected chi connectivity index (χ0v) is 19.8. The molecule has 0 saturated carbocycles. The largest absolute Gasteiger partial charge is 0.491 e. The summed E-state index contributed by atoms with van der Waals surface area (Å²) < 4.78 is 19.8. The van der Waals surface area contributed by atoms with Crippen molar-refractivity contribution in [3.8, 4) is 28.3 Å². The van der Waals surface area contributed by atoms with Crippen molar-refractivity contribution in [2.45, 2.75) is 32.2 Å². The maximum atomic E-state index is 14.4. The summed E-state index contributed by atoms with van der Waals surface area (Å²) in [5, 5.41) is 14.0. The highest BCUT2D eigenvalue weighted by Gasteiger charge is 2.17. The lowest BCUT2D eigenvalue weighted by Gasteiger charge is -2.15. The number of carbonyl (C=O) groups is 2. The zero-order valence-electron chi connectivity index (χ0n) is 19.8. The third-order valence-electron chi connectivity index (χ3n) is 5.40. The van der Waals surface area contributed by atoms with Crippen LogP contribution >= 0.6 is 0 Å². The second kappa shape index (κ2) is 12.6. The van der Waals surface area contributed by atoms with Gasteiger partial charge in [-0.15, -0.1) is 0 Å². The Bertz CT molecular complexity index is 1140. The molecule has 3 aromatic rings. The minimum atomic E-state index is -1.10. The van der Waals surface area contributed by atoms with Gasteiger partial charge in [-0.3, -0.25) is 9.59 Å². The van der Waals surface area contributed by atoms with Gasteiger partial charge in [-0.05, 0) is 43.1 Å². The molecule has 3 N–H and O–H groups in total. The lowest BCUT2D eigenvalue weighted by Crippen LogP contribution is -2.45. The molecule has 35 heavy (non-hydrogen) atoms. The topological polar surface area (TPSA) is 113 Å². The molecule has 0 aliphatic rings. The summed E-state index contributed by atoms with van der Waals surface area (Å²) in [4.78, 5) is 31.6. The van der Waals surface area contributed by atoms with Gasteiger partial charge in [-0.25, -0.2) is 14.4 Å². The van der Waals surface area contributed by atoms with Crippen LogP contribution in [0.5, 0.6) is 5.75 Å². The Morgan fingerprint density at radius 1 is 1.06 bits per heavy atom. The maximum Gasteiger partial charge on any atom is 0.322 e. The van der Waals surface area contributed by atoms with Gasteiger partial charge in [0.25, 0.3) is 0 Å². The summed E-state index contributed by atoms with van der Waals surface area (Å²) in [5.74, 6) is -1.14. The molecule has 0 spiro atoms. The van der Waals surface area contributed by atoms with Gasteiger partial charge in [0.1, 0.15) is 6.54 Å². The van der Waals surface area contributed by atoms with Gasteiger partial charge in [0, 0.05) is 23.5 Å². The highest BCUT2D eigenvalue weighted by molar-refractivity contribution is 5.85. The van der Waals surface area contributed by atoms with Gasteiger partial charge >= 0.3 is 5.97 Å². The summed E-state index contributed by atoms with van der Waals surface area (Å²) in [6.07, 6.45) is 5.54. The number of amides is 1. The molecule has 1 unspecified atom stereocenters. The van der Waals surface area contributed by atoms with E-state index in [1.54, 1.807) is 31.6 Å². The fourth-order valence-electron chi connectivity index (χ4n) is 3.39. The van der Waals surface area contributed by atoms with E-state index in [2.05, 4.69) is 20.6 Å². The molecule has 0 aliphatic heterocycles. The molecule has 1 aromatic heterocycles. The quantitative estimate of drug-likeness (QED) is 0.340. The summed E-state index contributed by atoms with van der Waals surface area (Å²) in [5.41, 5.74) is 3.04. The number of benzene rings is 2. The fraction of sp³-hybridized carbons (Fsp3) is 0.308. The van der Waals surface area contributed by atoms with Crippen molar-refractivity contribution in [2.75, 3.05) is 20.2 Å². The van der Waals surface area contributed by atoms with Crippen molar-refractivity contribution in [1.82, 2.24) is 20.6 Å². The Hall–Kier alpha value is -3.85. The summed E-state index contributed by atoms with van der Waals surface area (Å²) in [6, 6.07) is 11.7. The number of rotatable bonds is 12. The van der Waals surface area contributed by atoms with E-state index in [9.17, 15) is 14.0 Å². The van der Waals surface area contributed by atoms with E-state index in [-0.39, 0.29) is 11.7 Å². The summed E-state index contributed by atoms with van der Waals surface area (Å²) in [7, 11) is 1.65. The molecule has 2 aromatic carbocycles. The first-order valence-corrected chi connectivity index (χ1v) is 11.4. The minimum Gasteiger partial charge on any atom is -0.491 e. The van der Waals surface area contributed by atoms with Gasteiger partial charge in [0.2, 0.25) is 5.91 Å². The van der Waals surface area contributed by atoms with Crippen LogP contribution in [0.4, 0.5) is 4.39 Å². The number of ether oxygens (including phenoxy) is 1. The van der Waals surface area contributed by atoms with E-state index in [0.29, 0.717) is 30.0 Å². The van der Waals surface area contributed by atoms with Crippen LogP contribution in [0.2, 0.25) is 0 Å². The van der Waals surface area contributed by atoms with Crippen LogP contribution in [-0.4, -0.2) is 53.2 Å². The number of likely N-dealkylation sites (N-methyl/N-ethyl adjacent to an activating group) is 1. The first kappa shape index (κ1) is 25.8. The number of aromatic nitrogens is 2. The highest BCUT2D eigenvalue weighted by atomic mass is 19.1. The number of halogens is 1. The predicted molar refractivity (Wildman–Crippen MR) is 130 cm³/mol. The molecule has 0 bridgehead atoms. The average molecular weight is 481 g/mol. The lowest BCUT2D eigenvalue weighted by atomic mass is 10.0. The molecule has 8 nitrogen and oxygen atoms in total. The maximum absolute atomic E-state index is 14.4. The number of nitrogens with one attached hydrogen (secondary N) is 2. The van der Waals surface area contributed by atoms with Gasteiger partial charge in [-0.2, -0.15) is 0 Å². The van der Waals surface area contributed by atoms with E-state index >= 15 is 0 Å². The van der Waals surface area contributed by atoms with Crippen molar-refractivity contribution in [1.29, 1.82) is 0 Å². The molecule has 1 atom stereocenters. The summed E-state index contributed by atoms with van der Waals surface area (Å²) in [6.45, 7) is 2.11. The van der Waals surface area contributed by atoms with Gasteiger partial charge in [0.05, 0.1) is 12.6 Å². The van der Waals surface area contributed by atoms with Crippen LogP contribution in [0.3, 0.4) is 0 Å². The average Bonchev–Trinajstić information content (AvgIpc) is 2.87. The van der Waals surface area contributed by atoms with E-state index in [4.69, 9.17) is 9.84 Å². The number of carbonyl (C=O) groups excluding carboxylic acids is 1. The van der Waals surface area contributed by atoms with Crippen LogP contribution in [-0.2, 0) is 16.0 Å². The Morgan fingerprint density at radius 3 is 2.34 bits per heavy atom. The number of nitrogens with zero attached hydrogens (tertiary/aromatic N) is 2. The smallest absolute Gasteiger partial charge is 0.322 e. The van der Waals surface area contributed by atoms with E-state index < -0.39 is 24.4 Å². The molecule has 1 heterocycles. The van der Waals surface area contributed by atoms with Gasteiger partial charge in [0.15, 0.2) is 17.4 Å². The van der Waals surface area contributed by atoms with Crippen molar-refractivity contribution in [3.05, 3.63) is 66.2 Å². The first-order valence-electron chi connectivity index (χ1n) is 11.4. The van der Waals surface area contributed by atoms with Crippen molar-refractivity contribution in [3.63, 3.8) is 0 Å². The number of hydrogen-bond acceptors (Lipinski definition) is 6. The Balaban J connectivity index is 1.65. The molecule has 9 heteroatoms. The lowest BCUT2D eigenvalue weighted by molar-refractivity contribution is -0.138. The predicted octanol–water partition coefficient (Wildman–Crippen LogP) is 3.46. The zero-order chi connectivity index (χ0) is 25.2. The Labute approximate surface area is 203 Å². The highest BCUT2D eigenvalue weighted by Crippen LogP contribution is 2.26. The number of aliphatic carboxylic acids is 1. The summed E-state index contributed by atoms with van der Waals surface area (Å²) >= 11 is 0. The van der Waals surface area contributed by atoms with Gasteiger partial charge in [-0.1, -0.05) is 43.7 Å². The van der Waals surface area contributed by atoms with Crippen molar-refractivity contribution < 1.29 is 23.8 Å². The second-order valence-electron chi connectivity index (χ2n) is 8.00. The molecule has 0 aliphatic carbocycles. The second-order valence-corrected chi connectivity index (χ2v) is 8.00. The number of hydrogen-bond donors (Lipinski definition) is 3. The van der Waals surface area contributed by atoms with Crippen LogP contribution in [0.1, 0.15) is 25.3 Å². The Morgan fingerprint density at radius 2 is 1.74 bits per heavy atom. The molecule has 0 radical (unpaired) electrons. The molecule has 0 fully saturated rings. The van der Waals surface area contributed by atoms with Crippen LogP contribution in [0.25, 0.3) is 22.5 Å². The standard InChI is InChI=1S/C26H29FN4O4/c1-3-4-11-35-23-10-9-19(13-21(23)27)20-14-29-25(30-15-20)18-7-5-17(6-8-18)12-22(28-2)26(34)31-16-24(32)33/h5-10,13-15,22,28H,3-4,11-12,16H2,1-2H3,(H,31,34)(H,32,33). The van der Waals surface area contributed by atoms with Crippen LogP contribution < -0.4 is 15.4 Å².